The first-order valence-electron chi connectivity index (χ1n) is 7.10. The van der Waals surface area contributed by atoms with Crippen molar-refractivity contribution in [3.8, 4) is 0 Å². The minimum Gasteiger partial charge on any atom is -0.392 e. The highest BCUT2D eigenvalue weighted by molar-refractivity contribution is 7.88. The van der Waals surface area contributed by atoms with Crippen molar-refractivity contribution in [2.24, 2.45) is 0 Å². The summed E-state index contributed by atoms with van der Waals surface area (Å²) >= 11 is 0. The quantitative estimate of drug-likeness (QED) is 0.895. The number of benzene rings is 1. The molecule has 1 heterocycles. The predicted molar refractivity (Wildman–Crippen MR) is 81.2 cm³/mol. The Morgan fingerprint density at radius 2 is 1.90 bits per heavy atom. The Bertz CT molecular complexity index is 570. The second-order valence-corrected chi connectivity index (χ2v) is 7.79. The SMILES string of the molecule is COC1(C)CCCN(S(=O)(=O)Cc2ccc(CO)cc2)C1. The van der Waals surface area contributed by atoms with Gasteiger partial charge in [-0.05, 0) is 30.9 Å². The molecule has 1 aromatic carbocycles. The predicted octanol–water partition coefficient (Wildman–Crippen LogP) is 1.51. The molecule has 0 radical (unpaired) electrons. The molecule has 1 aliphatic heterocycles. The molecule has 1 unspecified atom stereocenters. The monoisotopic (exact) mass is 313 g/mol. The molecule has 1 N–H and O–H groups in total. The zero-order valence-electron chi connectivity index (χ0n) is 12.6. The normalized spacial score (nSPS) is 24.1. The van der Waals surface area contributed by atoms with Crippen LogP contribution in [0.3, 0.4) is 0 Å². The van der Waals surface area contributed by atoms with Crippen LogP contribution in [0.25, 0.3) is 0 Å². The Morgan fingerprint density at radius 3 is 2.48 bits per heavy atom. The Balaban J connectivity index is 2.10. The molecule has 1 fully saturated rings. The van der Waals surface area contributed by atoms with Gasteiger partial charge in [-0.25, -0.2) is 8.42 Å². The smallest absolute Gasteiger partial charge is 0.218 e. The molecule has 0 aliphatic carbocycles. The third-order valence-corrected chi connectivity index (χ3v) is 5.86. The maximum absolute atomic E-state index is 12.5. The van der Waals surface area contributed by atoms with Crippen molar-refractivity contribution in [2.75, 3.05) is 20.2 Å². The van der Waals surface area contributed by atoms with Crippen molar-refractivity contribution in [2.45, 2.75) is 37.7 Å². The second kappa shape index (κ2) is 6.44. The first-order chi connectivity index (χ1) is 9.88. The van der Waals surface area contributed by atoms with Crippen molar-refractivity contribution in [3.63, 3.8) is 0 Å². The van der Waals surface area contributed by atoms with Gasteiger partial charge in [-0.3, -0.25) is 0 Å². The fraction of sp³-hybridized carbons (Fsp3) is 0.600. The Morgan fingerprint density at radius 1 is 1.29 bits per heavy atom. The fourth-order valence-corrected chi connectivity index (χ4v) is 4.28. The summed E-state index contributed by atoms with van der Waals surface area (Å²) in [6.07, 6.45) is 1.69. The van der Waals surface area contributed by atoms with Crippen LogP contribution in [0.5, 0.6) is 0 Å². The number of hydrogen-bond donors (Lipinski definition) is 1. The number of rotatable bonds is 5. The van der Waals surface area contributed by atoms with E-state index in [2.05, 4.69) is 0 Å². The van der Waals surface area contributed by atoms with Crippen molar-refractivity contribution in [1.82, 2.24) is 4.31 Å². The van der Waals surface area contributed by atoms with Gasteiger partial charge in [0.05, 0.1) is 18.0 Å². The first kappa shape index (κ1) is 16.4. The average molecular weight is 313 g/mol. The lowest BCUT2D eigenvalue weighted by molar-refractivity contribution is -0.0319. The lowest BCUT2D eigenvalue weighted by Gasteiger charge is -2.38. The molecule has 0 bridgehead atoms. The van der Waals surface area contributed by atoms with Crippen LogP contribution < -0.4 is 0 Å². The van der Waals surface area contributed by atoms with E-state index in [1.54, 1.807) is 31.4 Å². The summed E-state index contributed by atoms with van der Waals surface area (Å²) in [7, 11) is -1.72. The molecule has 1 aromatic rings. The Hall–Kier alpha value is -0.950. The van der Waals surface area contributed by atoms with Gasteiger partial charge in [-0.1, -0.05) is 24.3 Å². The molecule has 6 heteroatoms. The average Bonchev–Trinajstić information content (AvgIpc) is 2.48. The van der Waals surface area contributed by atoms with Crippen LogP contribution in [0.15, 0.2) is 24.3 Å². The highest BCUT2D eigenvalue weighted by atomic mass is 32.2. The minimum atomic E-state index is -3.35. The van der Waals surface area contributed by atoms with Gasteiger partial charge in [-0.15, -0.1) is 0 Å². The summed E-state index contributed by atoms with van der Waals surface area (Å²) in [5, 5.41) is 9.01. The van der Waals surface area contributed by atoms with E-state index in [0.717, 1.165) is 24.0 Å². The number of nitrogens with zero attached hydrogens (tertiary/aromatic N) is 1. The van der Waals surface area contributed by atoms with Crippen LogP contribution in [-0.4, -0.2) is 43.6 Å². The number of ether oxygens (including phenoxy) is 1. The highest BCUT2D eigenvalue weighted by Gasteiger charge is 2.36. The van der Waals surface area contributed by atoms with Crippen LogP contribution in [0, 0.1) is 0 Å². The van der Waals surface area contributed by atoms with E-state index < -0.39 is 15.6 Å². The summed E-state index contributed by atoms with van der Waals surface area (Å²) in [4.78, 5) is 0. The van der Waals surface area contributed by atoms with Crippen molar-refractivity contribution in [3.05, 3.63) is 35.4 Å². The Labute approximate surface area is 126 Å². The molecule has 1 aliphatic rings. The molecule has 21 heavy (non-hydrogen) atoms. The zero-order chi connectivity index (χ0) is 15.5. The van der Waals surface area contributed by atoms with E-state index in [9.17, 15) is 8.42 Å². The summed E-state index contributed by atoms with van der Waals surface area (Å²) < 4.78 is 32.0. The van der Waals surface area contributed by atoms with Crippen LogP contribution in [0.4, 0.5) is 0 Å². The van der Waals surface area contributed by atoms with Gasteiger partial charge in [0.1, 0.15) is 0 Å². The molecule has 118 valence electrons. The van der Waals surface area contributed by atoms with Crippen molar-refractivity contribution < 1.29 is 18.3 Å². The van der Waals surface area contributed by atoms with Gasteiger partial charge in [0.2, 0.25) is 10.0 Å². The van der Waals surface area contributed by atoms with Gasteiger partial charge >= 0.3 is 0 Å². The van der Waals surface area contributed by atoms with E-state index in [4.69, 9.17) is 9.84 Å². The first-order valence-corrected chi connectivity index (χ1v) is 8.71. The van der Waals surface area contributed by atoms with E-state index in [-0.39, 0.29) is 12.4 Å². The van der Waals surface area contributed by atoms with Gasteiger partial charge < -0.3 is 9.84 Å². The molecule has 0 aromatic heterocycles. The number of aliphatic hydroxyl groups excluding tert-OH is 1. The van der Waals surface area contributed by atoms with E-state index in [0.29, 0.717) is 13.1 Å². The number of sulfonamides is 1. The summed E-state index contributed by atoms with van der Waals surface area (Å²) in [5.41, 5.74) is 1.12. The molecular weight excluding hydrogens is 290 g/mol. The Kier molecular flexibility index (Phi) is 5.03. The van der Waals surface area contributed by atoms with Crippen molar-refractivity contribution >= 4 is 10.0 Å². The van der Waals surface area contributed by atoms with Gasteiger partial charge in [0, 0.05) is 20.2 Å². The molecule has 0 amide bonds. The zero-order valence-corrected chi connectivity index (χ0v) is 13.4. The fourth-order valence-electron chi connectivity index (χ4n) is 2.61. The van der Waals surface area contributed by atoms with E-state index in [1.807, 2.05) is 6.92 Å². The number of methoxy groups -OCH3 is 1. The lowest BCUT2D eigenvalue weighted by Crippen LogP contribution is -2.49. The second-order valence-electron chi connectivity index (χ2n) is 5.82. The maximum Gasteiger partial charge on any atom is 0.218 e. The topological polar surface area (TPSA) is 66.8 Å². The standard InChI is InChI=1S/C15H23NO4S/c1-15(20-2)8-3-9-16(12-15)21(18,19)11-14-6-4-13(10-17)5-7-14/h4-7,17H,3,8-12H2,1-2H3. The highest BCUT2D eigenvalue weighted by Crippen LogP contribution is 2.26. The van der Waals surface area contributed by atoms with E-state index in [1.165, 1.54) is 4.31 Å². The molecular formula is C15H23NO4S. The third kappa shape index (κ3) is 4.03. The third-order valence-electron chi connectivity index (χ3n) is 4.06. The van der Waals surface area contributed by atoms with Gasteiger partial charge in [0.15, 0.2) is 0 Å². The summed E-state index contributed by atoms with van der Waals surface area (Å²) in [5.74, 6) is -0.0154. The van der Waals surface area contributed by atoms with Gasteiger partial charge in [0.25, 0.3) is 0 Å². The minimum absolute atomic E-state index is 0.0154. The number of piperidine rings is 1. The molecule has 1 saturated heterocycles. The summed E-state index contributed by atoms with van der Waals surface area (Å²) in [6, 6.07) is 7.01. The number of aliphatic hydroxyl groups is 1. The molecule has 1 atom stereocenters. The molecule has 0 spiro atoms. The summed E-state index contributed by atoms with van der Waals surface area (Å²) in [6.45, 7) is 2.87. The van der Waals surface area contributed by atoms with Crippen LogP contribution in [0.2, 0.25) is 0 Å². The number of hydrogen-bond acceptors (Lipinski definition) is 4. The molecule has 2 rings (SSSR count). The largest absolute Gasteiger partial charge is 0.392 e. The molecule has 0 saturated carbocycles. The maximum atomic E-state index is 12.5. The van der Waals surface area contributed by atoms with Crippen LogP contribution in [0.1, 0.15) is 30.9 Å². The van der Waals surface area contributed by atoms with Gasteiger partial charge in [-0.2, -0.15) is 4.31 Å². The van der Waals surface area contributed by atoms with Crippen LogP contribution >= 0.6 is 0 Å². The van der Waals surface area contributed by atoms with Crippen LogP contribution in [-0.2, 0) is 27.1 Å². The molecule has 5 nitrogen and oxygen atoms in total. The lowest BCUT2D eigenvalue weighted by atomic mass is 9.96. The van der Waals surface area contributed by atoms with Crippen molar-refractivity contribution in [1.29, 1.82) is 0 Å². The van der Waals surface area contributed by atoms with E-state index >= 15 is 0 Å².